The maximum atomic E-state index is 12.7. The number of nitrogens with two attached hydrogens (primary N) is 1. The fourth-order valence-corrected chi connectivity index (χ4v) is 4.78. The molecule has 2 saturated heterocycles. The van der Waals surface area contributed by atoms with Crippen molar-refractivity contribution < 1.29 is 14.1 Å². The first-order chi connectivity index (χ1) is 13.8. The van der Waals surface area contributed by atoms with E-state index in [0.29, 0.717) is 41.3 Å². The van der Waals surface area contributed by atoms with E-state index in [4.69, 9.17) is 21.9 Å². The summed E-state index contributed by atoms with van der Waals surface area (Å²) in [6.45, 7) is 6.74. The van der Waals surface area contributed by atoms with Crippen LogP contribution in [-0.4, -0.2) is 52.9 Å². The molecule has 2 aliphatic heterocycles. The molecule has 8 heteroatoms. The molecule has 0 spiro atoms. The van der Waals surface area contributed by atoms with Crippen LogP contribution in [0.5, 0.6) is 0 Å². The Morgan fingerprint density at radius 2 is 1.93 bits per heavy atom. The summed E-state index contributed by atoms with van der Waals surface area (Å²) < 4.78 is 5.03. The van der Waals surface area contributed by atoms with Gasteiger partial charge in [-0.3, -0.25) is 14.5 Å². The largest absolute Gasteiger partial charge is 0.370 e. The Balaban J connectivity index is 1.47. The molecule has 1 aromatic heterocycles. The minimum atomic E-state index is -0.330. The van der Waals surface area contributed by atoms with Crippen molar-refractivity contribution in [2.75, 3.05) is 26.2 Å². The zero-order valence-electron chi connectivity index (χ0n) is 16.6. The highest BCUT2D eigenvalue weighted by Crippen LogP contribution is 2.38. The Hall–Kier alpha value is -2.38. The van der Waals surface area contributed by atoms with Crippen LogP contribution in [0.1, 0.15) is 39.7 Å². The molecule has 3 atom stereocenters. The molecule has 2 aromatic rings. The van der Waals surface area contributed by atoms with E-state index in [2.05, 4.69) is 10.1 Å². The van der Waals surface area contributed by atoms with Gasteiger partial charge < -0.3 is 15.2 Å². The Bertz CT molecular complexity index is 930. The lowest BCUT2D eigenvalue weighted by Gasteiger charge is -2.29. The van der Waals surface area contributed by atoms with Crippen LogP contribution in [0.25, 0.3) is 0 Å². The summed E-state index contributed by atoms with van der Waals surface area (Å²) in [6, 6.07) is 5.83. The molecule has 0 aliphatic carbocycles. The van der Waals surface area contributed by atoms with Crippen LogP contribution in [0.3, 0.4) is 0 Å². The summed E-state index contributed by atoms with van der Waals surface area (Å²) in [6.07, 6.45) is 1.74. The van der Waals surface area contributed by atoms with E-state index in [-0.39, 0.29) is 24.3 Å². The van der Waals surface area contributed by atoms with Crippen LogP contribution in [-0.2, 0) is 4.79 Å². The molecule has 7 nitrogen and oxygen atoms in total. The molecular weight excluding hydrogens is 392 g/mol. The Morgan fingerprint density at radius 3 is 2.48 bits per heavy atom. The monoisotopic (exact) mass is 416 g/mol. The van der Waals surface area contributed by atoms with Gasteiger partial charge in [-0.15, -0.1) is 0 Å². The smallest absolute Gasteiger partial charge is 0.259 e. The number of rotatable bonds is 5. The molecule has 2 N–H and O–H groups in total. The van der Waals surface area contributed by atoms with Crippen molar-refractivity contribution in [1.82, 2.24) is 15.0 Å². The minimum Gasteiger partial charge on any atom is -0.370 e. The highest BCUT2D eigenvalue weighted by molar-refractivity contribution is 6.31. The van der Waals surface area contributed by atoms with Crippen LogP contribution in [0, 0.1) is 25.7 Å². The van der Waals surface area contributed by atoms with E-state index in [9.17, 15) is 9.59 Å². The Labute approximate surface area is 174 Å². The molecule has 3 heterocycles. The predicted octanol–water partition coefficient (Wildman–Crippen LogP) is 2.57. The molecule has 2 amide bonds. The van der Waals surface area contributed by atoms with Gasteiger partial charge in [0, 0.05) is 43.7 Å². The number of fused-ring (bicyclic) bond motifs is 1. The first-order valence-electron chi connectivity index (χ1n) is 9.82. The molecule has 0 radical (unpaired) electrons. The van der Waals surface area contributed by atoms with Crippen molar-refractivity contribution in [1.29, 1.82) is 0 Å². The molecule has 0 saturated carbocycles. The summed E-state index contributed by atoms with van der Waals surface area (Å²) in [5.41, 5.74) is 8.09. The van der Waals surface area contributed by atoms with Gasteiger partial charge >= 0.3 is 0 Å². The quantitative estimate of drug-likeness (QED) is 0.808. The van der Waals surface area contributed by atoms with Gasteiger partial charge in [-0.2, -0.15) is 0 Å². The van der Waals surface area contributed by atoms with Crippen molar-refractivity contribution >= 4 is 23.4 Å². The predicted molar refractivity (Wildman–Crippen MR) is 108 cm³/mol. The highest BCUT2D eigenvalue weighted by atomic mass is 35.5. The SMILES string of the molecule is Cc1ccc(C(CC(N)=O)N2CC3CN(C(=O)c4cnoc4C)CC3C2)cc1Cl. The summed E-state index contributed by atoms with van der Waals surface area (Å²) in [4.78, 5) is 28.7. The van der Waals surface area contributed by atoms with E-state index in [1.165, 1.54) is 6.20 Å². The second kappa shape index (κ2) is 7.80. The van der Waals surface area contributed by atoms with Gasteiger partial charge in [-0.1, -0.05) is 28.9 Å². The number of primary amides is 1. The van der Waals surface area contributed by atoms with Crippen molar-refractivity contribution in [3.05, 3.63) is 51.9 Å². The van der Waals surface area contributed by atoms with E-state index in [1.807, 2.05) is 30.0 Å². The first kappa shape index (κ1) is 19.9. The Kier molecular flexibility index (Phi) is 5.36. The van der Waals surface area contributed by atoms with E-state index in [1.54, 1.807) is 6.92 Å². The second-order valence-corrected chi connectivity index (χ2v) is 8.58. The number of carbonyl (C=O) groups is 2. The standard InChI is InChI=1S/C21H25ClN4O3/c1-12-3-4-14(5-18(12)22)19(6-20(23)27)25-8-15-10-26(11-16(15)9-25)21(28)17-7-24-29-13(17)2/h3-5,7,15-16,19H,6,8-11H2,1-2H3,(H2,23,27). The average molecular weight is 417 g/mol. The zero-order valence-corrected chi connectivity index (χ0v) is 17.4. The molecule has 4 rings (SSSR count). The highest BCUT2D eigenvalue weighted by Gasteiger charge is 2.44. The molecule has 154 valence electrons. The first-order valence-corrected chi connectivity index (χ1v) is 10.2. The number of hydrogen-bond donors (Lipinski definition) is 1. The summed E-state index contributed by atoms with van der Waals surface area (Å²) in [7, 11) is 0. The summed E-state index contributed by atoms with van der Waals surface area (Å²) in [5.74, 6) is 0.935. The fraction of sp³-hybridized carbons (Fsp3) is 0.476. The third-order valence-electron chi connectivity index (χ3n) is 6.20. The zero-order chi connectivity index (χ0) is 20.7. The van der Waals surface area contributed by atoms with E-state index in [0.717, 1.165) is 24.2 Å². The number of amides is 2. The van der Waals surface area contributed by atoms with Gasteiger partial charge in [-0.05, 0) is 42.9 Å². The number of aromatic nitrogens is 1. The number of halogens is 1. The van der Waals surface area contributed by atoms with Crippen LogP contribution in [0.15, 0.2) is 28.9 Å². The van der Waals surface area contributed by atoms with Crippen molar-refractivity contribution in [3.8, 4) is 0 Å². The fourth-order valence-electron chi connectivity index (χ4n) is 4.59. The van der Waals surface area contributed by atoms with Gasteiger partial charge in [-0.25, -0.2) is 0 Å². The third kappa shape index (κ3) is 3.89. The second-order valence-electron chi connectivity index (χ2n) is 8.17. The van der Waals surface area contributed by atoms with Gasteiger partial charge in [0.2, 0.25) is 5.91 Å². The van der Waals surface area contributed by atoms with Crippen molar-refractivity contribution in [2.24, 2.45) is 17.6 Å². The van der Waals surface area contributed by atoms with Crippen LogP contribution in [0.2, 0.25) is 5.02 Å². The number of aryl methyl sites for hydroxylation is 2. The summed E-state index contributed by atoms with van der Waals surface area (Å²) >= 11 is 6.32. The van der Waals surface area contributed by atoms with Crippen LogP contribution in [0.4, 0.5) is 0 Å². The van der Waals surface area contributed by atoms with Gasteiger partial charge in [0.15, 0.2) is 0 Å². The van der Waals surface area contributed by atoms with Gasteiger partial charge in [0.25, 0.3) is 5.91 Å². The lowest BCUT2D eigenvalue weighted by molar-refractivity contribution is -0.119. The molecule has 3 unspecified atom stereocenters. The maximum absolute atomic E-state index is 12.7. The molecule has 2 fully saturated rings. The van der Waals surface area contributed by atoms with Gasteiger partial charge in [0.05, 0.1) is 6.20 Å². The summed E-state index contributed by atoms with van der Waals surface area (Å²) in [5, 5.41) is 4.40. The van der Waals surface area contributed by atoms with Crippen LogP contribution < -0.4 is 5.73 Å². The number of likely N-dealkylation sites (tertiary alicyclic amines) is 2. The lowest BCUT2D eigenvalue weighted by atomic mass is 10.0. The number of carbonyl (C=O) groups excluding carboxylic acids is 2. The molecular formula is C21H25ClN4O3. The molecule has 2 aliphatic rings. The molecule has 1 aromatic carbocycles. The van der Waals surface area contributed by atoms with Gasteiger partial charge in [0.1, 0.15) is 11.3 Å². The maximum Gasteiger partial charge on any atom is 0.259 e. The normalized spacial score (nSPS) is 22.7. The van der Waals surface area contributed by atoms with Crippen molar-refractivity contribution in [3.63, 3.8) is 0 Å². The number of nitrogens with zero attached hydrogens (tertiary/aromatic N) is 3. The number of benzene rings is 1. The Morgan fingerprint density at radius 1 is 1.24 bits per heavy atom. The average Bonchev–Trinajstić information content (AvgIpc) is 3.35. The van der Waals surface area contributed by atoms with Crippen LogP contribution >= 0.6 is 11.6 Å². The number of hydrogen-bond acceptors (Lipinski definition) is 5. The third-order valence-corrected chi connectivity index (χ3v) is 6.61. The molecule has 29 heavy (non-hydrogen) atoms. The van der Waals surface area contributed by atoms with Crippen molar-refractivity contribution in [2.45, 2.75) is 26.3 Å². The topological polar surface area (TPSA) is 92.7 Å². The lowest BCUT2D eigenvalue weighted by Crippen LogP contribution is -2.36. The van der Waals surface area contributed by atoms with E-state index >= 15 is 0 Å². The van der Waals surface area contributed by atoms with E-state index < -0.39 is 0 Å². The molecule has 0 bridgehead atoms. The minimum absolute atomic E-state index is 0.0243.